The second-order valence-corrected chi connectivity index (χ2v) is 4.65. The van der Waals surface area contributed by atoms with Crippen LogP contribution in [0.15, 0.2) is 18.2 Å². The Hall–Kier alpha value is -1.35. The van der Waals surface area contributed by atoms with E-state index in [4.69, 9.17) is 5.73 Å². The van der Waals surface area contributed by atoms with Gasteiger partial charge in [0.1, 0.15) is 0 Å². The first-order valence-electron chi connectivity index (χ1n) is 6.06. The van der Waals surface area contributed by atoms with Crippen molar-refractivity contribution >= 4 is 5.91 Å². The van der Waals surface area contributed by atoms with Crippen molar-refractivity contribution in [2.24, 2.45) is 5.73 Å². The number of aryl methyl sites for hydroxylation is 2. The van der Waals surface area contributed by atoms with Gasteiger partial charge in [0, 0.05) is 24.7 Å². The highest BCUT2D eigenvalue weighted by molar-refractivity contribution is 5.97. The topological polar surface area (TPSA) is 46.3 Å². The van der Waals surface area contributed by atoms with Crippen molar-refractivity contribution in [1.82, 2.24) is 4.90 Å². The molecule has 1 aromatic rings. The van der Waals surface area contributed by atoms with Gasteiger partial charge in [-0.2, -0.15) is 0 Å². The molecule has 3 nitrogen and oxygen atoms in total. The molecule has 1 rings (SSSR count). The molecule has 0 atom stereocenters. The zero-order valence-electron chi connectivity index (χ0n) is 11.2. The summed E-state index contributed by atoms with van der Waals surface area (Å²) in [6.07, 6.45) is 0. The van der Waals surface area contributed by atoms with Crippen LogP contribution in [0.1, 0.15) is 35.3 Å². The summed E-state index contributed by atoms with van der Waals surface area (Å²) in [4.78, 5) is 14.3. The summed E-state index contributed by atoms with van der Waals surface area (Å²) < 4.78 is 0. The Morgan fingerprint density at radius 1 is 1.29 bits per heavy atom. The van der Waals surface area contributed by atoms with Crippen LogP contribution in [0.5, 0.6) is 0 Å². The van der Waals surface area contributed by atoms with E-state index in [-0.39, 0.29) is 11.9 Å². The van der Waals surface area contributed by atoms with Gasteiger partial charge in [-0.1, -0.05) is 18.2 Å². The third kappa shape index (κ3) is 3.07. The molecular weight excluding hydrogens is 212 g/mol. The number of hydrogen-bond acceptors (Lipinski definition) is 2. The molecule has 0 spiro atoms. The van der Waals surface area contributed by atoms with Crippen LogP contribution in [0.4, 0.5) is 0 Å². The van der Waals surface area contributed by atoms with Crippen LogP contribution < -0.4 is 5.73 Å². The number of rotatable bonds is 4. The predicted molar refractivity (Wildman–Crippen MR) is 71.1 cm³/mol. The van der Waals surface area contributed by atoms with Crippen LogP contribution in [0.3, 0.4) is 0 Å². The van der Waals surface area contributed by atoms with Crippen molar-refractivity contribution < 1.29 is 4.79 Å². The van der Waals surface area contributed by atoms with E-state index in [9.17, 15) is 4.79 Å². The zero-order chi connectivity index (χ0) is 13.0. The highest BCUT2D eigenvalue weighted by atomic mass is 16.2. The van der Waals surface area contributed by atoms with Crippen molar-refractivity contribution in [3.8, 4) is 0 Å². The van der Waals surface area contributed by atoms with Gasteiger partial charge in [-0.05, 0) is 38.8 Å². The monoisotopic (exact) mass is 234 g/mol. The molecule has 0 aliphatic carbocycles. The smallest absolute Gasteiger partial charge is 0.254 e. The highest BCUT2D eigenvalue weighted by Gasteiger charge is 2.20. The molecule has 1 amide bonds. The quantitative estimate of drug-likeness (QED) is 0.867. The fourth-order valence-electron chi connectivity index (χ4n) is 2.03. The second kappa shape index (κ2) is 5.82. The Balaban J connectivity index is 3.09. The molecule has 0 heterocycles. The van der Waals surface area contributed by atoms with Crippen molar-refractivity contribution in [1.29, 1.82) is 0 Å². The van der Waals surface area contributed by atoms with Crippen LogP contribution in [0, 0.1) is 13.8 Å². The molecule has 0 aliphatic rings. The lowest BCUT2D eigenvalue weighted by Crippen LogP contribution is -2.40. The molecule has 0 radical (unpaired) electrons. The number of nitrogens with zero attached hydrogens (tertiary/aromatic N) is 1. The number of hydrogen-bond donors (Lipinski definition) is 1. The summed E-state index contributed by atoms with van der Waals surface area (Å²) in [5.41, 5.74) is 8.43. The van der Waals surface area contributed by atoms with E-state index < -0.39 is 0 Å². The van der Waals surface area contributed by atoms with Gasteiger partial charge in [-0.15, -0.1) is 0 Å². The maximum Gasteiger partial charge on any atom is 0.254 e. The van der Waals surface area contributed by atoms with E-state index in [1.807, 2.05) is 50.8 Å². The molecule has 0 saturated carbocycles. The SMILES string of the molecule is Cc1cccc(C)c1C(=O)N(CCN)C(C)C. The van der Waals surface area contributed by atoms with Crippen molar-refractivity contribution in [2.75, 3.05) is 13.1 Å². The standard InChI is InChI=1S/C14H22N2O/c1-10(2)16(9-8-15)14(17)13-11(3)6-5-7-12(13)4/h5-7,10H,8-9,15H2,1-4H3. The van der Waals surface area contributed by atoms with E-state index in [2.05, 4.69) is 0 Å². The van der Waals surface area contributed by atoms with Crippen LogP contribution in [0.2, 0.25) is 0 Å². The minimum absolute atomic E-state index is 0.0843. The van der Waals surface area contributed by atoms with Gasteiger partial charge < -0.3 is 10.6 Å². The van der Waals surface area contributed by atoms with Crippen molar-refractivity contribution in [2.45, 2.75) is 33.7 Å². The highest BCUT2D eigenvalue weighted by Crippen LogP contribution is 2.17. The summed E-state index contributed by atoms with van der Waals surface area (Å²) in [7, 11) is 0. The Morgan fingerprint density at radius 3 is 2.24 bits per heavy atom. The second-order valence-electron chi connectivity index (χ2n) is 4.65. The van der Waals surface area contributed by atoms with Gasteiger partial charge in [-0.3, -0.25) is 4.79 Å². The number of nitrogens with two attached hydrogens (primary N) is 1. The van der Waals surface area contributed by atoms with Crippen LogP contribution in [-0.4, -0.2) is 29.9 Å². The van der Waals surface area contributed by atoms with E-state index in [1.54, 1.807) is 0 Å². The minimum Gasteiger partial charge on any atom is -0.335 e. The summed E-state index contributed by atoms with van der Waals surface area (Å²) in [6.45, 7) is 9.07. The van der Waals surface area contributed by atoms with Crippen LogP contribution >= 0.6 is 0 Å². The lowest BCUT2D eigenvalue weighted by molar-refractivity contribution is 0.0710. The van der Waals surface area contributed by atoms with Crippen molar-refractivity contribution in [3.63, 3.8) is 0 Å². The van der Waals surface area contributed by atoms with Gasteiger partial charge in [0.05, 0.1) is 0 Å². The predicted octanol–water partition coefficient (Wildman–Crippen LogP) is 2.11. The summed E-state index contributed by atoms with van der Waals surface area (Å²) >= 11 is 0. The van der Waals surface area contributed by atoms with Gasteiger partial charge >= 0.3 is 0 Å². The van der Waals surface area contributed by atoms with E-state index in [0.717, 1.165) is 16.7 Å². The normalized spacial score (nSPS) is 10.7. The summed E-state index contributed by atoms with van der Waals surface area (Å²) in [5.74, 6) is 0.0843. The minimum atomic E-state index is 0.0843. The lowest BCUT2D eigenvalue weighted by Gasteiger charge is -2.27. The van der Waals surface area contributed by atoms with Gasteiger partial charge in [-0.25, -0.2) is 0 Å². The number of benzene rings is 1. The van der Waals surface area contributed by atoms with Gasteiger partial charge in [0.25, 0.3) is 5.91 Å². The Kier molecular flexibility index (Phi) is 4.70. The molecule has 0 aliphatic heterocycles. The molecule has 0 fully saturated rings. The molecule has 3 heteroatoms. The van der Waals surface area contributed by atoms with E-state index in [0.29, 0.717) is 13.1 Å². The maximum absolute atomic E-state index is 12.5. The summed E-state index contributed by atoms with van der Waals surface area (Å²) in [6, 6.07) is 6.09. The average molecular weight is 234 g/mol. The third-order valence-electron chi connectivity index (χ3n) is 2.95. The Morgan fingerprint density at radius 2 is 1.82 bits per heavy atom. The van der Waals surface area contributed by atoms with E-state index >= 15 is 0 Å². The molecule has 94 valence electrons. The fraction of sp³-hybridized carbons (Fsp3) is 0.500. The molecule has 0 saturated heterocycles. The van der Waals surface area contributed by atoms with Crippen molar-refractivity contribution in [3.05, 3.63) is 34.9 Å². The molecule has 17 heavy (non-hydrogen) atoms. The molecular formula is C14H22N2O. The molecule has 0 bridgehead atoms. The van der Waals surface area contributed by atoms with Crippen LogP contribution in [0.25, 0.3) is 0 Å². The zero-order valence-corrected chi connectivity index (χ0v) is 11.2. The first kappa shape index (κ1) is 13.7. The molecule has 0 unspecified atom stereocenters. The van der Waals surface area contributed by atoms with Gasteiger partial charge in [0.15, 0.2) is 0 Å². The fourth-order valence-corrected chi connectivity index (χ4v) is 2.03. The number of amides is 1. The molecule has 1 aromatic carbocycles. The average Bonchev–Trinajstić information content (AvgIpc) is 2.24. The number of carbonyl (C=O) groups is 1. The summed E-state index contributed by atoms with van der Waals surface area (Å²) in [5, 5.41) is 0. The largest absolute Gasteiger partial charge is 0.335 e. The number of carbonyl (C=O) groups excluding carboxylic acids is 1. The Bertz CT molecular complexity index is 379. The van der Waals surface area contributed by atoms with Crippen LogP contribution in [-0.2, 0) is 0 Å². The molecule has 2 N–H and O–H groups in total. The Labute approximate surface area is 104 Å². The lowest BCUT2D eigenvalue weighted by atomic mass is 10.0. The third-order valence-corrected chi connectivity index (χ3v) is 2.95. The van der Waals surface area contributed by atoms with E-state index in [1.165, 1.54) is 0 Å². The molecule has 0 aromatic heterocycles. The van der Waals surface area contributed by atoms with Gasteiger partial charge in [0.2, 0.25) is 0 Å². The maximum atomic E-state index is 12.5. The first-order chi connectivity index (χ1) is 7.99. The first-order valence-corrected chi connectivity index (χ1v) is 6.06.